The first-order valence-corrected chi connectivity index (χ1v) is 5.92. The lowest BCUT2D eigenvalue weighted by atomic mass is 10.2. The van der Waals surface area contributed by atoms with Gasteiger partial charge in [-0.05, 0) is 11.0 Å². The number of unbranched alkanes of at least 4 members (excludes halogenated alkanes) is 3. The molecule has 0 aromatic carbocycles. The highest BCUT2D eigenvalue weighted by molar-refractivity contribution is 7.40. The van der Waals surface area contributed by atoms with Crippen LogP contribution in [0.25, 0.3) is 0 Å². The molecular formula is C8H16O6P+. The molecule has 15 heavy (non-hydrogen) atoms. The lowest BCUT2D eigenvalue weighted by molar-refractivity contribution is -0.192. The van der Waals surface area contributed by atoms with Crippen molar-refractivity contribution >= 4 is 14.0 Å². The van der Waals surface area contributed by atoms with Gasteiger partial charge in [-0.1, -0.05) is 26.2 Å². The van der Waals surface area contributed by atoms with Crippen LogP contribution in [0.2, 0.25) is 0 Å². The molecule has 0 aliphatic carbocycles. The topological polar surface area (TPSA) is 104 Å². The maximum absolute atomic E-state index is 10.6. The van der Waals surface area contributed by atoms with Gasteiger partial charge in [0, 0.05) is 0 Å². The molecular weight excluding hydrogens is 223 g/mol. The minimum absolute atomic E-state index is 0.0512. The number of carbonyl (C=O) groups is 1. The maximum atomic E-state index is 10.6. The average molecular weight is 239 g/mol. The van der Waals surface area contributed by atoms with Gasteiger partial charge in [0.05, 0.1) is 6.61 Å². The van der Waals surface area contributed by atoms with E-state index in [1.54, 1.807) is 0 Å². The van der Waals surface area contributed by atoms with E-state index < -0.39 is 19.5 Å². The number of hydrogen-bond acceptors (Lipinski definition) is 4. The standard InChI is InChI=1S/C8H15O6P/c1-2-3-4-5-6-14-8(11,7(9)10)15(12)13/h11H,2-6H2,1H3,(H-,9,10,12,13)/p+1. The molecule has 0 aliphatic rings. The molecule has 0 fully saturated rings. The summed E-state index contributed by atoms with van der Waals surface area (Å²) in [7, 11) is -3.33. The zero-order chi connectivity index (χ0) is 11.9. The Morgan fingerprint density at radius 1 is 1.40 bits per heavy atom. The fourth-order valence-corrected chi connectivity index (χ4v) is 1.31. The molecule has 0 bridgehead atoms. The number of carboxylic acid groups (broad SMARTS) is 1. The van der Waals surface area contributed by atoms with Gasteiger partial charge in [-0.15, -0.1) is 0 Å². The summed E-state index contributed by atoms with van der Waals surface area (Å²) >= 11 is 0. The molecule has 2 atom stereocenters. The number of aliphatic carboxylic acids is 1. The molecule has 0 aliphatic heterocycles. The molecule has 0 spiro atoms. The molecule has 7 heteroatoms. The van der Waals surface area contributed by atoms with E-state index in [-0.39, 0.29) is 6.61 Å². The molecule has 88 valence electrons. The third kappa shape index (κ3) is 4.66. The fourth-order valence-electron chi connectivity index (χ4n) is 0.942. The molecule has 0 rings (SSSR count). The Balaban J connectivity index is 3.99. The zero-order valence-electron chi connectivity index (χ0n) is 8.55. The second-order valence-electron chi connectivity index (χ2n) is 3.10. The molecule has 0 saturated carbocycles. The van der Waals surface area contributed by atoms with Crippen molar-refractivity contribution < 1.29 is 29.2 Å². The molecule has 3 N–H and O–H groups in total. The van der Waals surface area contributed by atoms with Crippen LogP contribution in [0.3, 0.4) is 0 Å². The third-order valence-corrected chi connectivity index (χ3v) is 2.68. The fraction of sp³-hybridized carbons (Fsp3) is 0.875. The number of hydrogen-bond donors (Lipinski definition) is 3. The van der Waals surface area contributed by atoms with Gasteiger partial charge in [0.1, 0.15) is 0 Å². The van der Waals surface area contributed by atoms with Gasteiger partial charge in [-0.3, -0.25) is 4.74 Å². The van der Waals surface area contributed by atoms with Crippen LogP contribution in [0.15, 0.2) is 0 Å². The van der Waals surface area contributed by atoms with E-state index in [1.165, 1.54) is 0 Å². The van der Waals surface area contributed by atoms with Gasteiger partial charge in [0.2, 0.25) is 0 Å². The van der Waals surface area contributed by atoms with E-state index in [0.29, 0.717) is 6.42 Å². The normalized spacial score (nSPS) is 15.8. The highest BCUT2D eigenvalue weighted by atomic mass is 31.1. The lowest BCUT2D eigenvalue weighted by Crippen LogP contribution is -2.38. The van der Waals surface area contributed by atoms with E-state index in [2.05, 4.69) is 4.74 Å². The highest BCUT2D eigenvalue weighted by Crippen LogP contribution is 2.34. The van der Waals surface area contributed by atoms with Crippen molar-refractivity contribution in [1.82, 2.24) is 0 Å². The second kappa shape index (κ2) is 6.85. The lowest BCUT2D eigenvalue weighted by Gasteiger charge is -2.10. The summed E-state index contributed by atoms with van der Waals surface area (Å²) in [6.45, 7) is 1.96. The van der Waals surface area contributed by atoms with Crippen molar-refractivity contribution in [2.24, 2.45) is 0 Å². The Labute approximate surface area is 88.7 Å². The van der Waals surface area contributed by atoms with Gasteiger partial charge in [-0.2, -0.15) is 4.89 Å². The quantitative estimate of drug-likeness (QED) is 0.332. The zero-order valence-corrected chi connectivity index (χ0v) is 9.44. The van der Waals surface area contributed by atoms with Crippen molar-refractivity contribution in [2.45, 2.75) is 38.1 Å². The summed E-state index contributed by atoms with van der Waals surface area (Å²) in [5.74, 6) is -1.85. The van der Waals surface area contributed by atoms with E-state index >= 15 is 0 Å². The molecule has 0 aromatic rings. The van der Waals surface area contributed by atoms with Crippen LogP contribution in [0.1, 0.15) is 32.6 Å². The molecule has 0 saturated heterocycles. The van der Waals surface area contributed by atoms with Gasteiger partial charge in [0.25, 0.3) is 0 Å². The maximum Gasteiger partial charge on any atom is 0.586 e. The summed E-state index contributed by atoms with van der Waals surface area (Å²) in [6, 6.07) is 0. The van der Waals surface area contributed by atoms with Crippen molar-refractivity contribution in [3.8, 4) is 0 Å². The van der Waals surface area contributed by atoms with Gasteiger partial charge in [0.15, 0.2) is 0 Å². The Bertz CT molecular complexity index is 215. The summed E-state index contributed by atoms with van der Waals surface area (Å²) < 4.78 is 15.1. The molecule has 0 aromatic heterocycles. The van der Waals surface area contributed by atoms with Crippen molar-refractivity contribution in [3.63, 3.8) is 0 Å². The Hall–Kier alpha value is -0.550. The van der Waals surface area contributed by atoms with E-state index in [9.17, 15) is 9.36 Å². The van der Waals surface area contributed by atoms with Crippen LogP contribution in [0, 0.1) is 0 Å². The highest BCUT2D eigenvalue weighted by Gasteiger charge is 2.58. The first-order chi connectivity index (χ1) is 6.95. The number of ether oxygens (including phenoxy) is 1. The van der Waals surface area contributed by atoms with Crippen molar-refractivity contribution in [2.75, 3.05) is 6.61 Å². The van der Waals surface area contributed by atoms with Crippen LogP contribution in [0.5, 0.6) is 0 Å². The summed E-state index contributed by atoms with van der Waals surface area (Å²) in [5, 5.41) is 17.7. The van der Waals surface area contributed by atoms with E-state index in [4.69, 9.17) is 15.1 Å². The minimum Gasteiger partial charge on any atom is -0.474 e. The Morgan fingerprint density at radius 2 is 2.00 bits per heavy atom. The minimum atomic E-state index is -3.33. The predicted octanol–water partition coefficient (Wildman–Crippen LogP) is 1.05. The van der Waals surface area contributed by atoms with Crippen molar-refractivity contribution in [1.29, 1.82) is 0 Å². The largest absolute Gasteiger partial charge is 0.586 e. The summed E-state index contributed by atoms with van der Waals surface area (Å²) in [5.41, 5.74) is -2.97. The van der Waals surface area contributed by atoms with Crippen LogP contribution in [-0.2, 0) is 14.1 Å². The smallest absolute Gasteiger partial charge is 0.474 e. The van der Waals surface area contributed by atoms with Gasteiger partial charge >= 0.3 is 19.5 Å². The van der Waals surface area contributed by atoms with Crippen molar-refractivity contribution in [3.05, 3.63) is 0 Å². The number of rotatable bonds is 8. The molecule has 0 heterocycles. The number of carboxylic acids is 1. The molecule has 0 radical (unpaired) electrons. The molecule has 0 amide bonds. The monoisotopic (exact) mass is 239 g/mol. The average Bonchev–Trinajstić information content (AvgIpc) is 2.16. The summed E-state index contributed by atoms with van der Waals surface area (Å²) in [4.78, 5) is 19.1. The predicted molar refractivity (Wildman–Crippen MR) is 52.5 cm³/mol. The summed E-state index contributed by atoms with van der Waals surface area (Å²) in [6.07, 6.45) is 3.36. The SMILES string of the molecule is CCCCCCOC(O)(C(=O)O)[P+](=O)O. The van der Waals surface area contributed by atoms with Crippen LogP contribution >= 0.6 is 8.03 Å². The van der Waals surface area contributed by atoms with Crippen LogP contribution in [-0.4, -0.2) is 33.2 Å². The third-order valence-electron chi connectivity index (χ3n) is 1.84. The Kier molecular flexibility index (Phi) is 6.60. The Morgan fingerprint density at radius 3 is 2.40 bits per heavy atom. The first-order valence-electron chi connectivity index (χ1n) is 4.71. The van der Waals surface area contributed by atoms with Crippen LogP contribution in [0.4, 0.5) is 0 Å². The molecule has 2 unspecified atom stereocenters. The van der Waals surface area contributed by atoms with Gasteiger partial charge in [-0.25, -0.2) is 4.79 Å². The van der Waals surface area contributed by atoms with Crippen LogP contribution < -0.4 is 0 Å². The number of aliphatic hydroxyl groups is 1. The second-order valence-corrected chi connectivity index (χ2v) is 4.25. The van der Waals surface area contributed by atoms with E-state index in [0.717, 1.165) is 19.3 Å². The first kappa shape index (κ1) is 14.5. The van der Waals surface area contributed by atoms with Gasteiger partial charge < -0.3 is 10.2 Å². The van der Waals surface area contributed by atoms with E-state index in [1.807, 2.05) is 6.92 Å². The molecule has 6 nitrogen and oxygen atoms in total.